The maximum absolute atomic E-state index is 13.1. The lowest BCUT2D eigenvalue weighted by atomic mass is 10.1. The van der Waals surface area contributed by atoms with E-state index in [-0.39, 0.29) is 6.03 Å². The standard InChI is InChI=1S/C18H16BrClN8O/c19-13-8-21-9-15-16(13)26-5-1-2-12(26)10-27(15)18(29)25-11-6-14(20)17(22-7-11)28-23-3-4-24-28/h3-4,6-9,12H,1-2,5,10H2,(H,25,29)/t12-/m0/s1. The van der Waals surface area contributed by atoms with Crippen molar-refractivity contribution in [3.63, 3.8) is 0 Å². The number of aromatic nitrogens is 5. The molecule has 2 aliphatic rings. The maximum atomic E-state index is 13.1. The van der Waals surface area contributed by atoms with E-state index >= 15 is 0 Å². The zero-order valence-electron chi connectivity index (χ0n) is 15.2. The number of halogens is 2. The zero-order valence-corrected chi connectivity index (χ0v) is 17.5. The van der Waals surface area contributed by atoms with E-state index < -0.39 is 0 Å². The quantitative estimate of drug-likeness (QED) is 0.610. The molecular weight excluding hydrogens is 460 g/mol. The largest absolute Gasteiger partial charge is 0.364 e. The summed E-state index contributed by atoms with van der Waals surface area (Å²) in [5.41, 5.74) is 2.29. The van der Waals surface area contributed by atoms with Gasteiger partial charge in [0.1, 0.15) is 0 Å². The first-order valence-corrected chi connectivity index (χ1v) is 10.3. The molecular formula is C18H16BrClN8O. The van der Waals surface area contributed by atoms with Crippen LogP contribution in [0.15, 0.2) is 41.5 Å². The van der Waals surface area contributed by atoms with E-state index in [1.807, 2.05) is 0 Å². The lowest BCUT2D eigenvalue weighted by Gasteiger charge is -2.40. The van der Waals surface area contributed by atoms with Crippen molar-refractivity contribution in [1.29, 1.82) is 0 Å². The van der Waals surface area contributed by atoms with Crippen LogP contribution in [0.4, 0.5) is 21.9 Å². The number of carbonyl (C=O) groups is 1. The second kappa shape index (κ2) is 7.27. The second-order valence-corrected chi connectivity index (χ2v) is 8.13. The lowest BCUT2D eigenvalue weighted by molar-refractivity contribution is 0.256. The Hall–Kier alpha value is -2.72. The number of urea groups is 1. The van der Waals surface area contributed by atoms with Crippen LogP contribution in [0, 0.1) is 0 Å². The van der Waals surface area contributed by atoms with Gasteiger partial charge in [-0.05, 0) is 34.8 Å². The second-order valence-electron chi connectivity index (χ2n) is 6.87. The van der Waals surface area contributed by atoms with Gasteiger partial charge >= 0.3 is 6.03 Å². The summed E-state index contributed by atoms with van der Waals surface area (Å²) in [6, 6.07) is 1.68. The molecule has 2 aliphatic heterocycles. The Morgan fingerprint density at radius 1 is 1.24 bits per heavy atom. The summed E-state index contributed by atoms with van der Waals surface area (Å²) in [5, 5.41) is 11.3. The van der Waals surface area contributed by atoms with Crippen molar-refractivity contribution in [2.75, 3.05) is 28.2 Å². The van der Waals surface area contributed by atoms with Gasteiger partial charge in [-0.25, -0.2) is 9.78 Å². The van der Waals surface area contributed by atoms with Crippen molar-refractivity contribution in [1.82, 2.24) is 25.0 Å². The molecule has 3 aromatic heterocycles. The van der Waals surface area contributed by atoms with Crippen LogP contribution in [-0.4, -0.2) is 50.1 Å². The summed E-state index contributed by atoms with van der Waals surface area (Å²) >= 11 is 9.91. The number of carbonyl (C=O) groups excluding carboxylic acids is 1. The molecule has 0 unspecified atom stereocenters. The van der Waals surface area contributed by atoms with Crippen LogP contribution in [0.1, 0.15) is 12.8 Å². The predicted octanol–water partition coefficient (Wildman–Crippen LogP) is 3.49. The van der Waals surface area contributed by atoms with E-state index in [1.54, 1.807) is 35.8 Å². The number of amides is 2. The van der Waals surface area contributed by atoms with Gasteiger partial charge in [0, 0.05) is 25.3 Å². The number of nitrogens with one attached hydrogen (secondary N) is 1. The molecule has 11 heteroatoms. The SMILES string of the molecule is O=C(Nc1cnc(-n2nccn2)c(Cl)c1)N1C[C@@H]2CCCN2c2c(Br)cncc21. The Labute approximate surface area is 179 Å². The Balaban J connectivity index is 1.42. The van der Waals surface area contributed by atoms with E-state index in [4.69, 9.17) is 11.6 Å². The Kier molecular flexibility index (Phi) is 4.59. The minimum Gasteiger partial charge on any atom is -0.364 e. The smallest absolute Gasteiger partial charge is 0.326 e. The van der Waals surface area contributed by atoms with Crippen LogP contribution in [-0.2, 0) is 0 Å². The summed E-state index contributed by atoms with van der Waals surface area (Å²) in [4.78, 5) is 27.1. The first-order valence-electron chi connectivity index (χ1n) is 9.12. The monoisotopic (exact) mass is 474 g/mol. The molecule has 0 bridgehead atoms. The van der Waals surface area contributed by atoms with Gasteiger partial charge < -0.3 is 10.2 Å². The normalized spacial score (nSPS) is 17.8. The third kappa shape index (κ3) is 3.22. The van der Waals surface area contributed by atoms with Crippen LogP contribution in [0.5, 0.6) is 0 Å². The molecule has 0 saturated carbocycles. The average Bonchev–Trinajstić information content (AvgIpc) is 3.39. The minimum absolute atomic E-state index is 0.250. The van der Waals surface area contributed by atoms with Crippen molar-refractivity contribution >= 4 is 50.6 Å². The predicted molar refractivity (Wildman–Crippen MR) is 113 cm³/mol. The highest BCUT2D eigenvalue weighted by Crippen LogP contribution is 2.43. The average molecular weight is 476 g/mol. The van der Waals surface area contributed by atoms with Gasteiger partial charge in [0.15, 0.2) is 5.82 Å². The first-order chi connectivity index (χ1) is 14.1. The number of hydrogen-bond acceptors (Lipinski definition) is 6. The van der Waals surface area contributed by atoms with E-state index in [1.165, 1.54) is 11.0 Å². The van der Waals surface area contributed by atoms with Gasteiger partial charge in [-0.1, -0.05) is 11.6 Å². The highest BCUT2D eigenvalue weighted by molar-refractivity contribution is 9.10. The lowest BCUT2D eigenvalue weighted by Crippen LogP contribution is -2.49. The molecule has 0 radical (unpaired) electrons. The van der Waals surface area contributed by atoms with Gasteiger partial charge in [-0.2, -0.15) is 10.2 Å². The number of nitrogens with zero attached hydrogens (tertiary/aromatic N) is 7. The molecule has 0 aromatic carbocycles. The maximum Gasteiger partial charge on any atom is 0.326 e. The molecule has 9 nitrogen and oxygen atoms in total. The van der Waals surface area contributed by atoms with Crippen LogP contribution < -0.4 is 15.1 Å². The van der Waals surface area contributed by atoms with E-state index in [2.05, 4.69) is 46.3 Å². The molecule has 1 saturated heterocycles. The number of pyridine rings is 2. The summed E-state index contributed by atoms with van der Waals surface area (Å²) in [7, 11) is 0. The molecule has 1 fully saturated rings. The van der Waals surface area contributed by atoms with Crippen molar-refractivity contribution in [2.24, 2.45) is 0 Å². The zero-order chi connectivity index (χ0) is 20.0. The van der Waals surface area contributed by atoms with Crippen molar-refractivity contribution in [2.45, 2.75) is 18.9 Å². The number of fused-ring (bicyclic) bond motifs is 3. The Morgan fingerprint density at radius 3 is 2.86 bits per heavy atom. The summed E-state index contributed by atoms with van der Waals surface area (Å²) < 4.78 is 0.889. The highest BCUT2D eigenvalue weighted by Gasteiger charge is 2.37. The first kappa shape index (κ1) is 18.3. The Bertz CT molecular complexity index is 1080. The van der Waals surface area contributed by atoms with Crippen LogP contribution in [0.3, 0.4) is 0 Å². The van der Waals surface area contributed by atoms with Crippen LogP contribution in [0.2, 0.25) is 5.02 Å². The van der Waals surface area contributed by atoms with Gasteiger partial charge in [0.2, 0.25) is 0 Å². The van der Waals surface area contributed by atoms with E-state index in [0.717, 1.165) is 35.2 Å². The highest BCUT2D eigenvalue weighted by atomic mass is 79.9. The fourth-order valence-electron chi connectivity index (χ4n) is 3.88. The fourth-order valence-corrected chi connectivity index (χ4v) is 4.67. The van der Waals surface area contributed by atoms with E-state index in [0.29, 0.717) is 29.1 Å². The number of anilines is 3. The molecule has 5 heterocycles. The van der Waals surface area contributed by atoms with Gasteiger partial charge in [-0.15, -0.1) is 4.80 Å². The van der Waals surface area contributed by atoms with Gasteiger partial charge in [-0.3, -0.25) is 9.88 Å². The van der Waals surface area contributed by atoms with Crippen LogP contribution in [0.25, 0.3) is 5.82 Å². The number of hydrogen-bond donors (Lipinski definition) is 1. The molecule has 29 heavy (non-hydrogen) atoms. The summed E-state index contributed by atoms with van der Waals surface area (Å²) in [6.45, 7) is 1.59. The topological polar surface area (TPSA) is 92.1 Å². The van der Waals surface area contributed by atoms with Gasteiger partial charge in [0.05, 0.1) is 51.3 Å². The Morgan fingerprint density at radius 2 is 2.07 bits per heavy atom. The molecule has 2 amide bonds. The molecule has 0 spiro atoms. The van der Waals surface area contributed by atoms with Crippen molar-refractivity contribution in [3.05, 3.63) is 46.5 Å². The fraction of sp³-hybridized carbons (Fsp3) is 0.278. The van der Waals surface area contributed by atoms with E-state index in [9.17, 15) is 4.79 Å². The minimum atomic E-state index is -0.250. The summed E-state index contributed by atoms with van der Waals surface area (Å²) in [5.74, 6) is 0.396. The van der Waals surface area contributed by atoms with Crippen molar-refractivity contribution in [3.8, 4) is 5.82 Å². The molecule has 1 N–H and O–H groups in total. The third-order valence-corrected chi connectivity index (χ3v) is 5.99. The van der Waals surface area contributed by atoms with Crippen molar-refractivity contribution < 1.29 is 4.79 Å². The third-order valence-electron chi connectivity index (χ3n) is 5.13. The number of rotatable bonds is 2. The molecule has 148 valence electrons. The summed E-state index contributed by atoms with van der Waals surface area (Å²) in [6.07, 6.45) is 10.3. The molecule has 0 aliphatic carbocycles. The molecule has 3 aromatic rings. The van der Waals surface area contributed by atoms with Gasteiger partial charge in [0.25, 0.3) is 0 Å². The molecule has 5 rings (SSSR count). The van der Waals surface area contributed by atoms with Crippen LogP contribution >= 0.6 is 27.5 Å². The molecule has 1 atom stereocenters.